The van der Waals surface area contributed by atoms with Gasteiger partial charge >= 0.3 is 0 Å². The van der Waals surface area contributed by atoms with Crippen molar-refractivity contribution in [1.29, 1.82) is 0 Å². The van der Waals surface area contributed by atoms with E-state index in [1.54, 1.807) is 19.1 Å². The van der Waals surface area contributed by atoms with Crippen LogP contribution in [0.2, 0.25) is 0 Å². The predicted octanol–water partition coefficient (Wildman–Crippen LogP) is 1.46. The number of rotatable bonds is 4. The van der Waals surface area contributed by atoms with E-state index in [4.69, 9.17) is 16.2 Å². The second-order valence-corrected chi connectivity index (χ2v) is 8.17. The van der Waals surface area contributed by atoms with Crippen LogP contribution in [0.5, 0.6) is 5.75 Å². The topological polar surface area (TPSA) is 141 Å². The molecule has 1 unspecified atom stereocenters. The van der Waals surface area contributed by atoms with Crippen LogP contribution in [0.3, 0.4) is 0 Å². The van der Waals surface area contributed by atoms with Crippen LogP contribution in [0.4, 0.5) is 16.6 Å². The van der Waals surface area contributed by atoms with Crippen molar-refractivity contribution in [2.24, 2.45) is 5.73 Å². The highest BCUT2D eigenvalue weighted by Crippen LogP contribution is 2.38. The van der Waals surface area contributed by atoms with E-state index in [2.05, 4.69) is 10.3 Å². The van der Waals surface area contributed by atoms with Gasteiger partial charge in [0.25, 0.3) is 11.8 Å². The highest BCUT2D eigenvalue weighted by Gasteiger charge is 2.34. The van der Waals surface area contributed by atoms with Crippen molar-refractivity contribution in [1.82, 2.24) is 4.98 Å². The number of anilines is 3. The van der Waals surface area contributed by atoms with Crippen LogP contribution in [0.25, 0.3) is 0 Å². The fourth-order valence-electron chi connectivity index (χ4n) is 3.68. The van der Waals surface area contributed by atoms with Crippen molar-refractivity contribution in [3.05, 3.63) is 28.1 Å². The summed E-state index contributed by atoms with van der Waals surface area (Å²) in [6.07, 6.45) is 2.92. The van der Waals surface area contributed by atoms with Crippen LogP contribution in [0.1, 0.15) is 40.6 Å². The van der Waals surface area contributed by atoms with Gasteiger partial charge in [0.1, 0.15) is 17.4 Å². The van der Waals surface area contributed by atoms with E-state index < -0.39 is 23.8 Å². The van der Waals surface area contributed by atoms with Gasteiger partial charge in [0.15, 0.2) is 17.7 Å². The fraction of sp³-hybridized carbons (Fsp3) is 0.368. The van der Waals surface area contributed by atoms with Crippen molar-refractivity contribution in [3.8, 4) is 5.75 Å². The zero-order chi connectivity index (χ0) is 20.7. The molecule has 0 aromatic carbocycles. The number of nitrogens with two attached hydrogens (primary N) is 2. The molecule has 5 N–H and O–H groups in total. The van der Waals surface area contributed by atoms with Gasteiger partial charge in [-0.05, 0) is 50.3 Å². The van der Waals surface area contributed by atoms with Gasteiger partial charge in [-0.2, -0.15) is 0 Å². The van der Waals surface area contributed by atoms with E-state index in [1.165, 1.54) is 16.2 Å². The molecular formula is C19H21N5O4S. The first-order valence-electron chi connectivity index (χ1n) is 9.34. The number of pyridine rings is 1. The van der Waals surface area contributed by atoms with Gasteiger partial charge in [-0.15, -0.1) is 11.3 Å². The summed E-state index contributed by atoms with van der Waals surface area (Å²) >= 11 is 1.37. The Balaban J connectivity index is 1.60. The molecule has 29 heavy (non-hydrogen) atoms. The minimum Gasteiger partial charge on any atom is -0.477 e. The molecule has 1 aliphatic carbocycles. The molecule has 0 saturated heterocycles. The number of ether oxygens (including phenoxy) is 1. The molecule has 3 heterocycles. The molecule has 9 nitrogen and oxygen atoms in total. The summed E-state index contributed by atoms with van der Waals surface area (Å²) in [4.78, 5) is 43.8. The van der Waals surface area contributed by atoms with Gasteiger partial charge in [0.05, 0.1) is 5.56 Å². The van der Waals surface area contributed by atoms with Crippen molar-refractivity contribution in [3.63, 3.8) is 0 Å². The van der Waals surface area contributed by atoms with Gasteiger partial charge in [0.2, 0.25) is 5.91 Å². The number of aromatic nitrogens is 1. The average molecular weight is 415 g/mol. The lowest BCUT2D eigenvalue weighted by Gasteiger charge is -2.31. The number of primary amides is 1. The number of amides is 3. The molecule has 2 aliphatic rings. The van der Waals surface area contributed by atoms with Crippen molar-refractivity contribution < 1.29 is 19.1 Å². The van der Waals surface area contributed by atoms with Gasteiger partial charge in [-0.25, -0.2) is 4.98 Å². The number of carbonyl (C=O) groups is 3. The van der Waals surface area contributed by atoms with Crippen LogP contribution >= 0.6 is 11.3 Å². The summed E-state index contributed by atoms with van der Waals surface area (Å²) in [5, 5.41) is 3.20. The predicted molar refractivity (Wildman–Crippen MR) is 109 cm³/mol. The van der Waals surface area contributed by atoms with E-state index in [1.807, 2.05) is 0 Å². The van der Waals surface area contributed by atoms with E-state index >= 15 is 0 Å². The standard InChI is InChI=1S/C19H21N5O4S/c1-9-19(27)24(17-11(28-9)6-7-13(20)22-17)8-14(25)23-18-15(16(21)26)10-4-2-3-5-12(10)29-18/h6-7,9H,2-5,8H2,1H3,(H2,20,22)(H2,21,26)(H,23,25). The maximum Gasteiger partial charge on any atom is 0.269 e. The Morgan fingerprint density at radius 2 is 2.10 bits per heavy atom. The van der Waals surface area contributed by atoms with Crippen molar-refractivity contribution in [2.75, 3.05) is 22.5 Å². The number of aryl methyl sites for hydroxylation is 1. The van der Waals surface area contributed by atoms with Crippen LogP contribution < -0.4 is 26.4 Å². The number of nitrogens with zero attached hydrogens (tertiary/aromatic N) is 2. The summed E-state index contributed by atoms with van der Waals surface area (Å²) in [7, 11) is 0. The molecule has 2 aromatic heterocycles. The normalized spacial score (nSPS) is 17.9. The first-order valence-corrected chi connectivity index (χ1v) is 10.2. The summed E-state index contributed by atoms with van der Waals surface area (Å²) in [5.74, 6) is -0.625. The Morgan fingerprint density at radius 1 is 1.34 bits per heavy atom. The lowest BCUT2D eigenvalue weighted by atomic mass is 9.95. The molecule has 3 amide bonds. The Bertz CT molecular complexity index is 1020. The van der Waals surface area contributed by atoms with Gasteiger partial charge < -0.3 is 21.5 Å². The van der Waals surface area contributed by atoms with Crippen molar-refractivity contribution in [2.45, 2.75) is 38.7 Å². The highest BCUT2D eigenvalue weighted by atomic mass is 32.1. The molecule has 0 saturated carbocycles. The molecule has 1 aliphatic heterocycles. The maximum atomic E-state index is 12.8. The molecule has 4 rings (SSSR count). The first kappa shape index (κ1) is 19.2. The summed E-state index contributed by atoms with van der Waals surface area (Å²) in [6, 6.07) is 3.18. The zero-order valence-corrected chi connectivity index (χ0v) is 16.7. The van der Waals surface area contributed by atoms with E-state index in [0.717, 1.165) is 36.1 Å². The molecule has 0 spiro atoms. The number of carbonyl (C=O) groups excluding carboxylic acids is 3. The first-order chi connectivity index (χ1) is 13.8. The monoisotopic (exact) mass is 415 g/mol. The fourth-order valence-corrected chi connectivity index (χ4v) is 4.99. The second kappa shape index (κ2) is 7.36. The number of nitrogen functional groups attached to an aromatic ring is 1. The largest absolute Gasteiger partial charge is 0.477 e. The Hall–Kier alpha value is -3.14. The minimum absolute atomic E-state index is 0.198. The smallest absolute Gasteiger partial charge is 0.269 e. The van der Waals surface area contributed by atoms with E-state index in [9.17, 15) is 14.4 Å². The van der Waals surface area contributed by atoms with Crippen LogP contribution in [0, 0.1) is 0 Å². The Morgan fingerprint density at radius 3 is 2.86 bits per heavy atom. The number of nitrogens with one attached hydrogen (secondary N) is 1. The summed E-state index contributed by atoms with van der Waals surface area (Å²) in [6.45, 7) is 1.32. The lowest BCUT2D eigenvalue weighted by molar-refractivity contribution is -0.127. The molecule has 0 fully saturated rings. The SMILES string of the molecule is CC1Oc2ccc(N)nc2N(CC(=O)Nc2sc3c(c2C(N)=O)CCCC3)C1=O. The minimum atomic E-state index is -0.754. The van der Waals surface area contributed by atoms with Gasteiger partial charge in [-0.1, -0.05) is 0 Å². The summed E-state index contributed by atoms with van der Waals surface area (Å²) < 4.78 is 5.53. The summed E-state index contributed by atoms with van der Waals surface area (Å²) in [5.41, 5.74) is 12.6. The van der Waals surface area contributed by atoms with Crippen LogP contribution in [0.15, 0.2) is 12.1 Å². The molecule has 0 bridgehead atoms. The number of hydrogen-bond acceptors (Lipinski definition) is 7. The lowest BCUT2D eigenvalue weighted by Crippen LogP contribution is -2.48. The average Bonchev–Trinajstić information content (AvgIpc) is 3.04. The zero-order valence-electron chi connectivity index (χ0n) is 15.9. The molecule has 1 atom stereocenters. The highest BCUT2D eigenvalue weighted by molar-refractivity contribution is 7.17. The molecule has 0 radical (unpaired) electrons. The van der Waals surface area contributed by atoms with E-state index in [0.29, 0.717) is 16.3 Å². The third-order valence-corrected chi connectivity index (χ3v) is 6.21. The van der Waals surface area contributed by atoms with Gasteiger partial charge in [-0.3, -0.25) is 19.3 Å². The molecule has 10 heteroatoms. The number of hydrogen-bond donors (Lipinski definition) is 3. The molecule has 2 aromatic rings. The molecule has 152 valence electrons. The Labute approximate surface area is 171 Å². The quantitative estimate of drug-likeness (QED) is 0.690. The van der Waals surface area contributed by atoms with Crippen LogP contribution in [-0.4, -0.2) is 35.4 Å². The third kappa shape index (κ3) is 3.51. The second-order valence-electron chi connectivity index (χ2n) is 7.07. The van der Waals surface area contributed by atoms with E-state index in [-0.39, 0.29) is 18.2 Å². The Kier molecular flexibility index (Phi) is 4.87. The molecular weight excluding hydrogens is 394 g/mol. The van der Waals surface area contributed by atoms with Gasteiger partial charge in [0, 0.05) is 4.88 Å². The van der Waals surface area contributed by atoms with Crippen molar-refractivity contribution >= 4 is 45.7 Å². The van der Waals surface area contributed by atoms with Crippen LogP contribution in [-0.2, 0) is 22.4 Å². The third-order valence-electron chi connectivity index (χ3n) is 5.01. The number of thiophene rings is 1. The number of fused-ring (bicyclic) bond motifs is 2. The maximum absolute atomic E-state index is 12.8.